The molecule has 0 aliphatic carbocycles. The smallest absolute Gasteiger partial charge is 0.263 e. The normalized spacial score (nSPS) is 18.4. The monoisotopic (exact) mass is 465 g/mol. The van der Waals surface area contributed by atoms with Gasteiger partial charge in [0.05, 0.1) is 31.1 Å². The first-order valence-corrected chi connectivity index (χ1v) is 10.7. The van der Waals surface area contributed by atoms with Crippen molar-refractivity contribution in [2.45, 2.75) is 6.04 Å². The van der Waals surface area contributed by atoms with Crippen LogP contribution in [0, 0.1) is 5.82 Å². The fourth-order valence-electron chi connectivity index (χ4n) is 4.04. The maximum absolute atomic E-state index is 14.4. The van der Waals surface area contributed by atoms with Crippen molar-refractivity contribution in [3.05, 3.63) is 42.3 Å². The highest BCUT2D eigenvalue weighted by Gasteiger charge is 2.30. The van der Waals surface area contributed by atoms with Gasteiger partial charge in [0.2, 0.25) is 5.95 Å². The summed E-state index contributed by atoms with van der Waals surface area (Å²) in [5.41, 5.74) is 1.72. The number of morpholine rings is 1. The number of hydrogen-bond donors (Lipinski definition) is 3. The average Bonchev–Trinajstić information content (AvgIpc) is 2.85. The summed E-state index contributed by atoms with van der Waals surface area (Å²) in [6.07, 6.45) is 1.06. The Hall–Kier alpha value is -4.19. The quantitative estimate of drug-likeness (QED) is 0.529. The number of rotatable bonds is 4. The fourth-order valence-corrected chi connectivity index (χ4v) is 4.04. The van der Waals surface area contributed by atoms with Gasteiger partial charge in [-0.3, -0.25) is 4.79 Å². The Morgan fingerprint density at radius 3 is 2.97 bits per heavy atom. The van der Waals surface area contributed by atoms with Gasteiger partial charge in [-0.1, -0.05) is 0 Å². The van der Waals surface area contributed by atoms with Crippen LogP contribution in [0.5, 0.6) is 11.5 Å². The third-order valence-electron chi connectivity index (χ3n) is 5.65. The van der Waals surface area contributed by atoms with E-state index in [1.54, 1.807) is 12.1 Å². The summed E-state index contributed by atoms with van der Waals surface area (Å²) in [6.45, 7) is 2.63. The van der Waals surface area contributed by atoms with Gasteiger partial charge in [0.15, 0.2) is 29.8 Å². The second kappa shape index (κ2) is 8.30. The molecule has 3 aromatic rings. The number of carbonyl (C=O) groups is 1. The number of halogens is 1. The Bertz CT molecular complexity index is 1270. The third kappa shape index (κ3) is 3.88. The maximum atomic E-state index is 14.4. The van der Waals surface area contributed by atoms with Gasteiger partial charge in [0.25, 0.3) is 5.91 Å². The lowest BCUT2D eigenvalue weighted by molar-refractivity contribution is -0.118. The van der Waals surface area contributed by atoms with Gasteiger partial charge in [0.1, 0.15) is 18.2 Å². The van der Waals surface area contributed by atoms with E-state index in [1.165, 1.54) is 0 Å². The molecule has 0 spiro atoms. The summed E-state index contributed by atoms with van der Waals surface area (Å²) < 4.78 is 31.2. The summed E-state index contributed by atoms with van der Waals surface area (Å²) in [5, 5.41) is 8.51. The van der Waals surface area contributed by atoms with E-state index in [2.05, 4.69) is 35.8 Å². The molecule has 3 N–H and O–H groups in total. The van der Waals surface area contributed by atoms with Crippen LogP contribution in [0.4, 0.5) is 39.2 Å². The van der Waals surface area contributed by atoms with Crippen LogP contribution in [-0.4, -0.2) is 59.9 Å². The molecule has 6 rings (SSSR count). The number of anilines is 6. The second-order valence-corrected chi connectivity index (χ2v) is 7.94. The highest BCUT2D eigenvalue weighted by molar-refractivity contribution is 5.94. The predicted octanol–water partition coefficient (Wildman–Crippen LogP) is 2.43. The van der Waals surface area contributed by atoms with Crippen molar-refractivity contribution >= 4 is 40.7 Å². The predicted molar refractivity (Wildman–Crippen MR) is 121 cm³/mol. The molecule has 5 heterocycles. The highest BCUT2D eigenvalue weighted by Crippen LogP contribution is 2.37. The molecule has 174 valence electrons. The molecular weight excluding hydrogens is 445 g/mol. The second-order valence-electron chi connectivity index (χ2n) is 7.94. The van der Waals surface area contributed by atoms with E-state index in [0.29, 0.717) is 31.3 Å². The molecule has 12 heteroatoms. The molecular formula is C22H20FN7O4. The van der Waals surface area contributed by atoms with Crippen LogP contribution >= 0.6 is 0 Å². The van der Waals surface area contributed by atoms with Crippen LogP contribution in [0.25, 0.3) is 0 Å². The number of nitrogens with one attached hydrogen (secondary N) is 3. The largest absolute Gasteiger partial charge is 0.489 e. The van der Waals surface area contributed by atoms with E-state index in [4.69, 9.17) is 14.2 Å². The minimum atomic E-state index is -0.655. The van der Waals surface area contributed by atoms with Crippen molar-refractivity contribution in [3.63, 3.8) is 0 Å². The van der Waals surface area contributed by atoms with E-state index in [9.17, 15) is 9.18 Å². The van der Waals surface area contributed by atoms with Gasteiger partial charge < -0.3 is 35.1 Å². The number of benzene rings is 1. The van der Waals surface area contributed by atoms with E-state index >= 15 is 0 Å². The molecule has 3 aliphatic heterocycles. The van der Waals surface area contributed by atoms with Gasteiger partial charge in [-0.15, -0.1) is 0 Å². The van der Waals surface area contributed by atoms with E-state index in [-0.39, 0.29) is 42.0 Å². The number of amides is 1. The van der Waals surface area contributed by atoms with Gasteiger partial charge in [-0.05, 0) is 24.3 Å². The number of fused-ring (bicyclic) bond motifs is 4. The highest BCUT2D eigenvalue weighted by atomic mass is 19.1. The van der Waals surface area contributed by atoms with Crippen molar-refractivity contribution < 1.29 is 23.4 Å². The first-order valence-electron chi connectivity index (χ1n) is 10.7. The molecule has 1 saturated heterocycles. The molecule has 1 atom stereocenters. The Morgan fingerprint density at radius 2 is 2.03 bits per heavy atom. The lowest BCUT2D eigenvalue weighted by Gasteiger charge is -2.41. The molecule has 0 bridgehead atoms. The van der Waals surface area contributed by atoms with Crippen molar-refractivity contribution in [1.82, 2.24) is 15.0 Å². The Kier molecular flexibility index (Phi) is 4.99. The average molecular weight is 465 g/mol. The molecule has 1 unspecified atom stereocenters. The van der Waals surface area contributed by atoms with Crippen LogP contribution in [-0.2, 0) is 9.53 Å². The Labute approximate surface area is 193 Å². The molecule has 1 fully saturated rings. The lowest BCUT2D eigenvalue weighted by atomic mass is 10.1. The Morgan fingerprint density at radius 1 is 1.09 bits per heavy atom. The van der Waals surface area contributed by atoms with Gasteiger partial charge in [-0.25, -0.2) is 14.4 Å². The number of pyridine rings is 1. The molecule has 0 saturated carbocycles. The molecule has 34 heavy (non-hydrogen) atoms. The lowest BCUT2D eigenvalue weighted by Crippen LogP contribution is -2.51. The van der Waals surface area contributed by atoms with Crippen LogP contribution < -0.4 is 30.3 Å². The van der Waals surface area contributed by atoms with Crippen molar-refractivity contribution in [3.8, 4) is 11.5 Å². The summed E-state index contributed by atoms with van der Waals surface area (Å²) >= 11 is 0. The summed E-state index contributed by atoms with van der Waals surface area (Å²) in [7, 11) is 0. The molecule has 3 aliphatic rings. The molecule has 1 aromatic carbocycles. The van der Waals surface area contributed by atoms with Crippen LogP contribution in [0.15, 0.2) is 36.5 Å². The van der Waals surface area contributed by atoms with Crippen LogP contribution in [0.3, 0.4) is 0 Å². The van der Waals surface area contributed by atoms with Gasteiger partial charge in [-0.2, -0.15) is 4.98 Å². The fraction of sp³-hybridized carbons (Fsp3) is 0.273. The minimum Gasteiger partial charge on any atom is -0.489 e. The first kappa shape index (κ1) is 20.4. The van der Waals surface area contributed by atoms with Crippen LogP contribution in [0.1, 0.15) is 0 Å². The molecule has 1 amide bonds. The summed E-state index contributed by atoms with van der Waals surface area (Å²) in [6, 6.07) is 9.19. The van der Waals surface area contributed by atoms with Crippen molar-refractivity contribution in [1.29, 1.82) is 0 Å². The standard InChI is InChI=1S/C22H20FN7O4/c23-14-8-24-22(29-20(14)26-18-4-3-16-21(27-18)28-19(31)11-34-16)25-12-1-2-15-17(7-12)33-10-13-9-32-6-5-30(13)15/h1-4,7-8,13H,5-6,9-11H2,(H3,24,25,26,27,28,29,31). The zero-order chi connectivity index (χ0) is 23.1. The number of carbonyl (C=O) groups excluding carboxylic acids is 1. The topological polar surface area (TPSA) is 123 Å². The zero-order valence-corrected chi connectivity index (χ0v) is 17.9. The number of nitrogens with zero attached hydrogens (tertiary/aromatic N) is 4. The Balaban J connectivity index is 1.21. The van der Waals surface area contributed by atoms with Gasteiger partial charge >= 0.3 is 0 Å². The molecule has 2 aromatic heterocycles. The van der Waals surface area contributed by atoms with E-state index in [1.807, 2.05) is 18.2 Å². The van der Waals surface area contributed by atoms with Crippen molar-refractivity contribution in [2.24, 2.45) is 0 Å². The minimum absolute atomic E-state index is 0.0710. The van der Waals surface area contributed by atoms with E-state index in [0.717, 1.165) is 24.2 Å². The number of hydrogen-bond acceptors (Lipinski definition) is 10. The molecule has 11 nitrogen and oxygen atoms in total. The molecule has 0 radical (unpaired) electrons. The maximum Gasteiger partial charge on any atom is 0.263 e. The van der Waals surface area contributed by atoms with Crippen LogP contribution in [0.2, 0.25) is 0 Å². The number of ether oxygens (including phenoxy) is 3. The zero-order valence-electron chi connectivity index (χ0n) is 17.9. The van der Waals surface area contributed by atoms with Gasteiger partial charge in [0, 0.05) is 18.3 Å². The first-order chi connectivity index (χ1) is 16.6. The van der Waals surface area contributed by atoms with E-state index < -0.39 is 5.82 Å². The SMILES string of the molecule is O=C1COc2ccc(Nc3nc(Nc4ccc5c(c4)OCC4COCCN54)ncc3F)nc2N1. The summed E-state index contributed by atoms with van der Waals surface area (Å²) in [5.74, 6) is 0.894. The summed E-state index contributed by atoms with van der Waals surface area (Å²) in [4.78, 5) is 26.3. The number of aromatic nitrogens is 3. The third-order valence-corrected chi connectivity index (χ3v) is 5.65. The van der Waals surface area contributed by atoms with Crippen molar-refractivity contribution in [2.75, 3.05) is 53.8 Å².